The summed E-state index contributed by atoms with van der Waals surface area (Å²) in [4.78, 5) is 14.5. The van der Waals surface area contributed by atoms with Gasteiger partial charge < -0.3 is 19.1 Å². The van der Waals surface area contributed by atoms with Crippen LogP contribution in [-0.4, -0.2) is 49.5 Å². The molecule has 2 fully saturated rings. The van der Waals surface area contributed by atoms with Crippen molar-refractivity contribution in [2.45, 2.75) is 38.2 Å². The second kappa shape index (κ2) is 7.62. The molecule has 0 bridgehead atoms. The summed E-state index contributed by atoms with van der Waals surface area (Å²) >= 11 is 6.25. The zero-order valence-electron chi connectivity index (χ0n) is 13.2. The minimum absolute atomic E-state index is 0.0322. The van der Waals surface area contributed by atoms with Crippen LogP contribution in [0.25, 0.3) is 0 Å². The van der Waals surface area contributed by atoms with Gasteiger partial charge in [0.1, 0.15) is 6.10 Å². The Labute approximate surface area is 141 Å². The highest BCUT2D eigenvalue weighted by molar-refractivity contribution is 6.31. The highest BCUT2D eigenvalue weighted by Crippen LogP contribution is 2.30. The minimum Gasteiger partial charge on any atom is -0.369 e. The van der Waals surface area contributed by atoms with Crippen molar-refractivity contribution in [1.29, 1.82) is 0 Å². The highest BCUT2D eigenvalue weighted by Gasteiger charge is 2.32. The van der Waals surface area contributed by atoms with Crippen LogP contribution in [0.15, 0.2) is 24.3 Å². The maximum absolute atomic E-state index is 12.6. The Morgan fingerprint density at radius 3 is 2.74 bits per heavy atom. The fourth-order valence-electron chi connectivity index (χ4n) is 2.94. The van der Waals surface area contributed by atoms with Gasteiger partial charge >= 0.3 is 0 Å². The van der Waals surface area contributed by atoms with Crippen LogP contribution >= 0.6 is 11.6 Å². The predicted molar refractivity (Wildman–Crippen MR) is 86.2 cm³/mol. The lowest BCUT2D eigenvalue weighted by Gasteiger charge is -2.39. The summed E-state index contributed by atoms with van der Waals surface area (Å²) in [5.41, 5.74) is 0.920. The summed E-state index contributed by atoms with van der Waals surface area (Å²) in [5.74, 6) is 0.0322. The summed E-state index contributed by atoms with van der Waals surface area (Å²) in [6.45, 7) is 4.28. The minimum atomic E-state index is -0.426. The number of rotatable bonds is 3. The van der Waals surface area contributed by atoms with E-state index in [9.17, 15) is 4.79 Å². The maximum atomic E-state index is 12.6. The molecule has 2 saturated heterocycles. The van der Waals surface area contributed by atoms with Crippen LogP contribution in [0.5, 0.6) is 0 Å². The molecule has 6 heteroatoms. The van der Waals surface area contributed by atoms with Gasteiger partial charge in [-0.2, -0.15) is 0 Å². The molecular formula is C17H22ClNO4. The number of halogens is 1. The van der Waals surface area contributed by atoms with Gasteiger partial charge in [-0.05, 0) is 19.4 Å². The van der Waals surface area contributed by atoms with Gasteiger partial charge in [0.05, 0.1) is 38.8 Å². The zero-order chi connectivity index (χ0) is 16.2. The molecule has 2 aliphatic rings. The third-order valence-corrected chi connectivity index (χ3v) is 4.59. The van der Waals surface area contributed by atoms with Crippen LogP contribution in [0.2, 0.25) is 5.02 Å². The van der Waals surface area contributed by atoms with Crippen LogP contribution in [0.1, 0.15) is 31.4 Å². The molecule has 1 amide bonds. The number of hydrogen-bond donors (Lipinski definition) is 0. The Balaban J connectivity index is 1.65. The molecule has 0 N–H and O–H groups in total. The van der Waals surface area contributed by atoms with Crippen molar-refractivity contribution in [3.8, 4) is 0 Å². The number of amides is 1. The van der Waals surface area contributed by atoms with Crippen molar-refractivity contribution in [1.82, 2.24) is 4.90 Å². The number of benzene rings is 1. The average Bonchev–Trinajstić information content (AvgIpc) is 2.57. The molecule has 0 aliphatic carbocycles. The fraction of sp³-hybridized carbons (Fsp3) is 0.588. The number of hydrogen-bond acceptors (Lipinski definition) is 4. The van der Waals surface area contributed by atoms with Gasteiger partial charge in [0.25, 0.3) is 0 Å². The van der Waals surface area contributed by atoms with Crippen LogP contribution < -0.4 is 0 Å². The van der Waals surface area contributed by atoms with Crippen molar-refractivity contribution in [3.05, 3.63) is 34.9 Å². The van der Waals surface area contributed by atoms with E-state index >= 15 is 0 Å². The Morgan fingerprint density at radius 1 is 1.26 bits per heavy atom. The van der Waals surface area contributed by atoms with Crippen molar-refractivity contribution in [2.24, 2.45) is 0 Å². The second-order valence-corrected chi connectivity index (χ2v) is 6.37. The van der Waals surface area contributed by atoms with Crippen LogP contribution in [0, 0.1) is 0 Å². The lowest BCUT2D eigenvalue weighted by atomic mass is 10.1. The second-order valence-electron chi connectivity index (χ2n) is 5.97. The van der Waals surface area contributed by atoms with Crippen molar-refractivity contribution in [2.75, 3.05) is 26.4 Å². The molecule has 1 aromatic carbocycles. The molecule has 126 valence electrons. The first-order valence-electron chi connectivity index (χ1n) is 8.04. The van der Waals surface area contributed by atoms with E-state index in [2.05, 4.69) is 0 Å². The first kappa shape index (κ1) is 16.7. The lowest BCUT2D eigenvalue weighted by molar-refractivity contribution is -0.190. The third kappa shape index (κ3) is 4.04. The van der Waals surface area contributed by atoms with Crippen LogP contribution in [-0.2, 0) is 19.0 Å². The molecule has 3 rings (SSSR count). The Bertz CT molecular complexity index is 547. The molecule has 23 heavy (non-hydrogen) atoms. The largest absolute Gasteiger partial charge is 0.369 e. The first-order valence-corrected chi connectivity index (χ1v) is 8.41. The molecule has 2 unspecified atom stereocenters. The molecule has 0 aromatic heterocycles. The van der Waals surface area contributed by atoms with Crippen LogP contribution in [0.3, 0.4) is 0 Å². The molecular weight excluding hydrogens is 318 g/mol. The SMILES string of the molecule is CC1COC(c2ccccc2Cl)CN1C(=O)CC1OCCCO1. The van der Waals surface area contributed by atoms with Gasteiger partial charge in [0.15, 0.2) is 6.29 Å². The average molecular weight is 340 g/mol. The maximum Gasteiger partial charge on any atom is 0.228 e. The standard InChI is InChI=1S/C17H22ClNO4/c1-12-11-23-15(13-5-2-3-6-14(13)18)10-19(12)16(20)9-17-21-7-4-8-22-17/h2-3,5-6,12,15,17H,4,7-11H2,1H3. The fourth-order valence-corrected chi connectivity index (χ4v) is 3.20. The normalized spacial score (nSPS) is 26.3. The number of morpholine rings is 1. The molecule has 2 heterocycles. The number of nitrogens with zero attached hydrogens (tertiary/aromatic N) is 1. The van der Waals surface area contributed by atoms with Gasteiger partial charge in [-0.3, -0.25) is 4.79 Å². The molecule has 2 aliphatic heterocycles. The van der Waals surface area contributed by atoms with E-state index in [-0.39, 0.29) is 24.5 Å². The summed E-state index contributed by atoms with van der Waals surface area (Å²) < 4.78 is 16.9. The Hall–Kier alpha value is -1.14. The van der Waals surface area contributed by atoms with Crippen molar-refractivity contribution < 1.29 is 19.0 Å². The lowest BCUT2D eigenvalue weighted by Crippen LogP contribution is -2.49. The van der Waals surface area contributed by atoms with Crippen molar-refractivity contribution >= 4 is 17.5 Å². The topological polar surface area (TPSA) is 48.0 Å². The Kier molecular flexibility index (Phi) is 5.54. The van der Waals surface area contributed by atoms with E-state index in [0.29, 0.717) is 31.4 Å². The third-order valence-electron chi connectivity index (χ3n) is 4.24. The van der Waals surface area contributed by atoms with E-state index in [4.69, 9.17) is 25.8 Å². The van der Waals surface area contributed by atoms with Gasteiger partial charge in [-0.25, -0.2) is 0 Å². The van der Waals surface area contributed by atoms with Gasteiger partial charge in [-0.15, -0.1) is 0 Å². The molecule has 2 atom stereocenters. The van der Waals surface area contributed by atoms with Crippen molar-refractivity contribution in [3.63, 3.8) is 0 Å². The number of carbonyl (C=O) groups excluding carboxylic acids is 1. The number of ether oxygens (including phenoxy) is 3. The van der Waals surface area contributed by atoms with Gasteiger partial charge in [0, 0.05) is 10.6 Å². The quantitative estimate of drug-likeness (QED) is 0.849. The molecule has 0 radical (unpaired) electrons. The summed E-state index contributed by atoms with van der Waals surface area (Å²) in [7, 11) is 0. The number of carbonyl (C=O) groups is 1. The van der Waals surface area contributed by atoms with E-state index in [0.717, 1.165) is 12.0 Å². The predicted octanol–water partition coefficient (Wildman–Crippen LogP) is 2.78. The first-order chi connectivity index (χ1) is 11.1. The zero-order valence-corrected chi connectivity index (χ0v) is 14.0. The monoisotopic (exact) mass is 339 g/mol. The Morgan fingerprint density at radius 2 is 2.00 bits per heavy atom. The highest BCUT2D eigenvalue weighted by atomic mass is 35.5. The summed E-state index contributed by atoms with van der Waals surface area (Å²) in [6.07, 6.45) is 0.509. The molecule has 0 saturated carbocycles. The molecule has 0 spiro atoms. The molecule has 1 aromatic rings. The smallest absolute Gasteiger partial charge is 0.228 e. The van der Waals surface area contributed by atoms with E-state index in [1.54, 1.807) is 0 Å². The van der Waals surface area contributed by atoms with E-state index in [1.165, 1.54) is 0 Å². The summed E-state index contributed by atoms with van der Waals surface area (Å²) in [6, 6.07) is 7.63. The van der Waals surface area contributed by atoms with E-state index < -0.39 is 6.29 Å². The van der Waals surface area contributed by atoms with Gasteiger partial charge in [-0.1, -0.05) is 29.8 Å². The van der Waals surface area contributed by atoms with Crippen LogP contribution in [0.4, 0.5) is 0 Å². The molecule has 5 nitrogen and oxygen atoms in total. The van der Waals surface area contributed by atoms with E-state index in [1.807, 2.05) is 36.1 Å². The summed E-state index contributed by atoms with van der Waals surface area (Å²) in [5, 5.41) is 0.665. The van der Waals surface area contributed by atoms with Gasteiger partial charge in [0.2, 0.25) is 5.91 Å².